The second-order valence-corrected chi connectivity index (χ2v) is 6.61. The molecule has 28 heavy (non-hydrogen) atoms. The van der Waals surface area contributed by atoms with Crippen LogP contribution in [0.5, 0.6) is 11.5 Å². The summed E-state index contributed by atoms with van der Waals surface area (Å²) in [6.07, 6.45) is 3.19. The van der Waals surface area contributed by atoms with Gasteiger partial charge in [-0.05, 0) is 44.9 Å². The normalized spacial score (nSPS) is 10.8. The molecule has 0 heterocycles. The first-order valence-electron chi connectivity index (χ1n) is 8.63. The molecule has 5 nitrogen and oxygen atoms in total. The molecule has 3 rings (SSSR count). The van der Waals surface area contributed by atoms with E-state index in [1.807, 2.05) is 60.7 Å². The van der Waals surface area contributed by atoms with Crippen LogP contribution in [0.15, 0.2) is 82.9 Å². The Labute approximate surface area is 171 Å². The summed E-state index contributed by atoms with van der Waals surface area (Å²) in [5, 5.41) is 6.09. The molecule has 3 aromatic carbocycles. The van der Waals surface area contributed by atoms with Gasteiger partial charge in [0.05, 0.1) is 10.7 Å². The van der Waals surface area contributed by atoms with Crippen LogP contribution in [-0.2, 0) is 4.79 Å². The number of carbonyl (C=O) groups excluding carboxylic acids is 1. The van der Waals surface area contributed by atoms with E-state index in [0.29, 0.717) is 18.1 Å². The Kier molecular flexibility index (Phi) is 6.81. The number of nitrogens with one attached hydrogen (secondary N) is 1. The van der Waals surface area contributed by atoms with E-state index in [1.165, 1.54) is 6.21 Å². The minimum atomic E-state index is -0.360. The molecular weight excluding hydrogens is 420 g/mol. The molecule has 6 heteroatoms. The fourth-order valence-corrected chi connectivity index (χ4v) is 3.15. The predicted molar refractivity (Wildman–Crippen MR) is 115 cm³/mol. The number of ether oxygens (including phenoxy) is 2. The fourth-order valence-electron chi connectivity index (χ4n) is 2.54. The second kappa shape index (κ2) is 9.71. The van der Waals surface area contributed by atoms with Crippen molar-refractivity contribution in [1.82, 2.24) is 5.43 Å². The van der Waals surface area contributed by atoms with Crippen LogP contribution in [-0.4, -0.2) is 25.3 Å². The predicted octanol–water partition coefficient (Wildman–Crippen LogP) is 4.70. The highest BCUT2D eigenvalue weighted by atomic mass is 79.9. The maximum Gasteiger partial charge on any atom is 0.277 e. The molecule has 0 atom stereocenters. The zero-order chi connectivity index (χ0) is 19.8. The van der Waals surface area contributed by atoms with Gasteiger partial charge in [-0.15, -0.1) is 0 Å². The number of benzene rings is 3. The molecule has 142 valence electrons. The lowest BCUT2D eigenvalue weighted by molar-refractivity contribution is -0.123. The molecular formula is C22H19BrN2O3. The van der Waals surface area contributed by atoms with Gasteiger partial charge in [-0.1, -0.05) is 55.1 Å². The Hall–Kier alpha value is -3.12. The van der Waals surface area contributed by atoms with Crippen molar-refractivity contribution in [2.75, 3.05) is 13.2 Å². The van der Waals surface area contributed by atoms with Crippen LogP contribution < -0.4 is 14.9 Å². The fraction of sp³-hybridized carbons (Fsp3) is 0.0909. The van der Waals surface area contributed by atoms with Crippen LogP contribution in [0.1, 0.15) is 5.56 Å². The highest BCUT2D eigenvalue weighted by Crippen LogP contribution is 2.32. The standard InChI is InChI=1S/C22H19BrN2O3/c1-2-13-27-19-10-6-4-8-17(19)14-24-25-21(26)15-28-20-12-11-16-7-3-5-9-18(16)22(20)23/h2-12,14H,1,13,15H2,(H,25,26)/b24-14+. The molecule has 3 aromatic rings. The van der Waals surface area contributed by atoms with Crippen molar-refractivity contribution >= 4 is 38.8 Å². The minimum absolute atomic E-state index is 0.150. The molecule has 0 aliphatic heterocycles. The number of carbonyl (C=O) groups is 1. The van der Waals surface area contributed by atoms with E-state index in [9.17, 15) is 4.79 Å². The van der Waals surface area contributed by atoms with E-state index in [4.69, 9.17) is 9.47 Å². The number of para-hydroxylation sites is 1. The molecule has 0 saturated carbocycles. The number of halogens is 1. The maximum absolute atomic E-state index is 12.0. The third kappa shape index (κ3) is 4.98. The van der Waals surface area contributed by atoms with Crippen molar-refractivity contribution < 1.29 is 14.3 Å². The van der Waals surface area contributed by atoms with Gasteiger partial charge >= 0.3 is 0 Å². The number of amides is 1. The molecule has 1 amide bonds. The van der Waals surface area contributed by atoms with Crippen molar-refractivity contribution in [1.29, 1.82) is 0 Å². The highest BCUT2D eigenvalue weighted by molar-refractivity contribution is 9.10. The van der Waals surface area contributed by atoms with Gasteiger partial charge < -0.3 is 9.47 Å². The van der Waals surface area contributed by atoms with Gasteiger partial charge in [-0.3, -0.25) is 4.79 Å². The third-order valence-corrected chi connectivity index (χ3v) is 4.67. The topological polar surface area (TPSA) is 59.9 Å². The van der Waals surface area contributed by atoms with Crippen LogP contribution in [0.4, 0.5) is 0 Å². The quantitative estimate of drug-likeness (QED) is 0.315. The molecule has 0 spiro atoms. The SMILES string of the molecule is C=CCOc1ccccc1/C=N/NC(=O)COc1ccc2ccccc2c1Br. The van der Waals surface area contributed by atoms with Crippen molar-refractivity contribution in [2.24, 2.45) is 5.10 Å². The smallest absolute Gasteiger partial charge is 0.277 e. The van der Waals surface area contributed by atoms with E-state index in [2.05, 4.69) is 33.0 Å². The first kappa shape index (κ1) is 19.6. The molecule has 0 fully saturated rings. The van der Waals surface area contributed by atoms with Gasteiger partial charge in [-0.25, -0.2) is 5.43 Å². The van der Waals surface area contributed by atoms with Gasteiger partial charge in [0.2, 0.25) is 0 Å². The molecule has 0 aliphatic rings. The monoisotopic (exact) mass is 438 g/mol. The van der Waals surface area contributed by atoms with Gasteiger partial charge in [0.15, 0.2) is 6.61 Å². The zero-order valence-electron chi connectivity index (χ0n) is 15.1. The lowest BCUT2D eigenvalue weighted by atomic mass is 10.1. The highest BCUT2D eigenvalue weighted by Gasteiger charge is 2.08. The molecule has 0 aromatic heterocycles. The maximum atomic E-state index is 12.0. The van der Waals surface area contributed by atoms with Gasteiger partial charge in [0.1, 0.15) is 18.1 Å². The summed E-state index contributed by atoms with van der Waals surface area (Å²) in [4.78, 5) is 12.0. The van der Waals surface area contributed by atoms with E-state index < -0.39 is 0 Å². The average Bonchev–Trinajstić information content (AvgIpc) is 2.73. The van der Waals surface area contributed by atoms with Crippen LogP contribution in [0.2, 0.25) is 0 Å². The Morgan fingerprint density at radius 2 is 1.82 bits per heavy atom. The summed E-state index contributed by atoms with van der Waals surface area (Å²) in [5.74, 6) is 0.901. The summed E-state index contributed by atoms with van der Waals surface area (Å²) >= 11 is 3.54. The van der Waals surface area contributed by atoms with Crippen molar-refractivity contribution in [3.63, 3.8) is 0 Å². The number of nitrogens with zero attached hydrogens (tertiary/aromatic N) is 1. The van der Waals surface area contributed by atoms with Crippen LogP contribution in [0.3, 0.4) is 0 Å². The molecule has 0 saturated heterocycles. The first-order valence-corrected chi connectivity index (χ1v) is 9.43. The second-order valence-electron chi connectivity index (χ2n) is 5.82. The van der Waals surface area contributed by atoms with Gasteiger partial charge in [0, 0.05) is 5.56 Å². The Balaban J connectivity index is 1.57. The minimum Gasteiger partial charge on any atom is -0.489 e. The largest absolute Gasteiger partial charge is 0.489 e. The van der Waals surface area contributed by atoms with E-state index in [0.717, 1.165) is 20.8 Å². The summed E-state index contributed by atoms with van der Waals surface area (Å²) in [6.45, 7) is 3.87. The van der Waals surface area contributed by atoms with Crippen molar-refractivity contribution in [3.05, 3.63) is 83.4 Å². The van der Waals surface area contributed by atoms with Gasteiger partial charge in [0.25, 0.3) is 5.91 Å². The van der Waals surface area contributed by atoms with E-state index in [-0.39, 0.29) is 12.5 Å². The number of hydrazone groups is 1. The number of hydrogen-bond acceptors (Lipinski definition) is 4. The van der Waals surface area contributed by atoms with Crippen LogP contribution in [0.25, 0.3) is 10.8 Å². The Morgan fingerprint density at radius 1 is 1.04 bits per heavy atom. The molecule has 0 unspecified atom stereocenters. The summed E-state index contributed by atoms with van der Waals surface area (Å²) in [6, 6.07) is 19.1. The van der Waals surface area contributed by atoms with Crippen molar-refractivity contribution in [3.8, 4) is 11.5 Å². The number of hydrogen-bond donors (Lipinski definition) is 1. The number of fused-ring (bicyclic) bond motifs is 1. The molecule has 0 bridgehead atoms. The molecule has 0 aliphatic carbocycles. The molecule has 1 N–H and O–H groups in total. The number of rotatable bonds is 8. The van der Waals surface area contributed by atoms with Crippen LogP contribution in [0, 0.1) is 0 Å². The summed E-state index contributed by atoms with van der Waals surface area (Å²) in [7, 11) is 0. The lowest BCUT2D eigenvalue weighted by Gasteiger charge is -2.09. The zero-order valence-corrected chi connectivity index (χ0v) is 16.7. The summed E-state index contributed by atoms with van der Waals surface area (Å²) in [5.41, 5.74) is 3.21. The Bertz CT molecular complexity index is 1020. The third-order valence-electron chi connectivity index (χ3n) is 3.86. The average molecular weight is 439 g/mol. The Morgan fingerprint density at radius 3 is 2.68 bits per heavy atom. The molecule has 0 radical (unpaired) electrons. The van der Waals surface area contributed by atoms with Gasteiger partial charge in [-0.2, -0.15) is 5.10 Å². The van der Waals surface area contributed by atoms with E-state index in [1.54, 1.807) is 6.08 Å². The van der Waals surface area contributed by atoms with E-state index >= 15 is 0 Å². The first-order chi connectivity index (χ1) is 13.7. The van der Waals surface area contributed by atoms with Crippen molar-refractivity contribution in [2.45, 2.75) is 0 Å². The summed E-state index contributed by atoms with van der Waals surface area (Å²) < 4.78 is 12.0. The van der Waals surface area contributed by atoms with Crippen LogP contribution >= 0.6 is 15.9 Å². The lowest BCUT2D eigenvalue weighted by Crippen LogP contribution is -2.24.